The predicted molar refractivity (Wildman–Crippen MR) is 85.5 cm³/mol. The number of hydrogen-bond acceptors (Lipinski definition) is 2. The van der Waals surface area contributed by atoms with Crippen LogP contribution in [0.5, 0.6) is 0 Å². The quantitative estimate of drug-likeness (QED) is 0.777. The van der Waals surface area contributed by atoms with Gasteiger partial charge in [-0.15, -0.1) is 0 Å². The number of rotatable bonds is 2. The third kappa shape index (κ3) is 3.77. The summed E-state index contributed by atoms with van der Waals surface area (Å²) in [7, 11) is 0. The van der Waals surface area contributed by atoms with Crippen molar-refractivity contribution in [3.63, 3.8) is 0 Å². The van der Waals surface area contributed by atoms with Gasteiger partial charge in [0.2, 0.25) is 0 Å². The van der Waals surface area contributed by atoms with Gasteiger partial charge in [0, 0.05) is 16.0 Å². The van der Waals surface area contributed by atoms with Crippen molar-refractivity contribution in [2.75, 3.05) is 4.90 Å². The minimum absolute atomic E-state index is 0.0356. The van der Waals surface area contributed by atoms with Crippen molar-refractivity contribution in [2.45, 2.75) is 47.1 Å². The number of Topliss-reactive ketones (excluding diaryl/α,β-unsaturated/α-hetero) is 1. The smallest absolute Gasteiger partial charge is 0.412 e. The van der Waals surface area contributed by atoms with Crippen LogP contribution in [0.15, 0.2) is 12.1 Å². The normalized spacial score (nSPS) is 12.2. The van der Waals surface area contributed by atoms with E-state index in [0.717, 1.165) is 11.0 Å². The number of carboxylic acid groups (broad SMARTS) is 1. The third-order valence-corrected chi connectivity index (χ3v) is 3.26. The molecule has 0 aliphatic rings. The lowest BCUT2D eigenvalue weighted by Crippen LogP contribution is -2.46. The Kier molecular flexibility index (Phi) is 4.92. The summed E-state index contributed by atoms with van der Waals surface area (Å²) in [5.74, 6) is -1.30. The number of ketones is 1. The van der Waals surface area contributed by atoms with Crippen LogP contribution in [0.4, 0.5) is 14.9 Å². The number of carbonyl (C=O) groups excluding carboxylic acids is 1. The van der Waals surface area contributed by atoms with Gasteiger partial charge in [0.05, 0.1) is 11.3 Å². The molecule has 1 aromatic carbocycles. The molecule has 1 amide bonds. The lowest BCUT2D eigenvalue weighted by Gasteiger charge is -2.35. The number of nitrogens with zero attached hydrogens (tertiary/aromatic N) is 1. The van der Waals surface area contributed by atoms with Gasteiger partial charge in [0.15, 0.2) is 5.78 Å². The molecule has 0 aromatic heterocycles. The first-order valence-electron chi connectivity index (χ1n) is 6.84. The molecule has 1 N–H and O–H groups in total. The molecule has 122 valence electrons. The van der Waals surface area contributed by atoms with Gasteiger partial charge in [0.25, 0.3) is 0 Å². The van der Waals surface area contributed by atoms with Gasteiger partial charge in [-0.2, -0.15) is 0 Å². The van der Waals surface area contributed by atoms with E-state index in [1.807, 2.05) is 0 Å². The Hall–Kier alpha value is -1.62. The molecule has 6 heteroatoms. The van der Waals surface area contributed by atoms with E-state index in [2.05, 4.69) is 0 Å². The Balaban J connectivity index is 3.73. The molecule has 0 aliphatic heterocycles. The molecule has 0 saturated heterocycles. The van der Waals surface area contributed by atoms with Crippen molar-refractivity contribution in [1.29, 1.82) is 0 Å². The van der Waals surface area contributed by atoms with Crippen LogP contribution in [0, 0.1) is 11.2 Å². The molecule has 0 atom stereocenters. The fourth-order valence-corrected chi connectivity index (χ4v) is 2.29. The Morgan fingerprint density at radius 3 is 2.00 bits per heavy atom. The van der Waals surface area contributed by atoms with Gasteiger partial charge in [0.1, 0.15) is 5.82 Å². The average Bonchev–Trinajstić information content (AvgIpc) is 2.23. The molecule has 0 fully saturated rings. The van der Waals surface area contributed by atoms with E-state index < -0.39 is 28.6 Å². The average molecular weight is 330 g/mol. The standard InChI is InChI=1S/C16H21ClFNO3/c1-15(2,3)13(20)12-10(18)7-9(17)8-11(12)19(14(21)22)16(4,5)6/h7-8H,1-6H3,(H,21,22). The van der Waals surface area contributed by atoms with E-state index in [0.29, 0.717) is 0 Å². The van der Waals surface area contributed by atoms with Crippen molar-refractivity contribution in [2.24, 2.45) is 5.41 Å². The van der Waals surface area contributed by atoms with E-state index in [9.17, 15) is 19.1 Å². The van der Waals surface area contributed by atoms with E-state index in [-0.39, 0.29) is 16.3 Å². The Morgan fingerprint density at radius 1 is 1.14 bits per heavy atom. The summed E-state index contributed by atoms with van der Waals surface area (Å²) in [6, 6.07) is 2.33. The van der Waals surface area contributed by atoms with Crippen LogP contribution in [-0.2, 0) is 0 Å². The molecular weight excluding hydrogens is 309 g/mol. The van der Waals surface area contributed by atoms with Crippen molar-refractivity contribution in [3.05, 3.63) is 28.5 Å². The topological polar surface area (TPSA) is 57.6 Å². The molecule has 0 heterocycles. The highest BCUT2D eigenvalue weighted by atomic mass is 35.5. The minimum Gasteiger partial charge on any atom is -0.465 e. The zero-order valence-corrected chi connectivity index (χ0v) is 14.4. The van der Waals surface area contributed by atoms with E-state index >= 15 is 0 Å². The van der Waals surface area contributed by atoms with Gasteiger partial charge in [-0.25, -0.2) is 9.18 Å². The molecule has 0 radical (unpaired) electrons. The fourth-order valence-electron chi connectivity index (χ4n) is 2.09. The summed E-state index contributed by atoms with van der Waals surface area (Å²) in [5, 5.41) is 9.54. The fraction of sp³-hybridized carbons (Fsp3) is 0.500. The summed E-state index contributed by atoms with van der Waals surface area (Å²) >= 11 is 5.87. The molecule has 0 saturated carbocycles. The second kappa shape index (κ2) is 5.88. The van der Waals surface area contributed by atoms with Gasteiger partial charge in [-0.3, -0.25) is 9.69 Å². The Morgan fingerprint density at radius 2 is 1.64 bits per heavy atom. The molecule has 4 nitrogen and oxygen atoms in total. The van der Waals surface area contributed by atoms with Gasteiger partial charge in [-0.05, 0) is 32.9 Å². The molecule has 0 bridgehead atoms. The number of carbonyl (C=O) groups is 2. The van der Waals surface area contributed by atoms with Gasteiger partial charge in [-0.1, -0.05) is 32.4 Å². The van der Waals surface area contributed by atoms with E-state index in [1.54, 1.807) is 41.5 Å². The largest absolute Gasteiger partial charge is 0.465 e. The second-order valence-electron chi connectivity index (χ2n) is 7.15. The summed E-state index contributed by atoms with van der Waals surface area (Å²) < 4.78 is 14.4. The molecule has 1 aromatic rings. The first kappa shape index (κ1) is 18.4. The lowest BCUT2D eigenvalue weighted by molar-refractivity contribution is 0.0854. The van der Waals surface area contributed by atoms with Crippen LogP contribution in [-0.4, -0.2) is 22.5 Å². The van der Waals surface area contributed by atoms with Gasteiger partial charge >= 0.3 is 6.09 Å². The minimum atomic E-state index is -1.28. The number of halogens is 2. The summed E-state index contributed by atoms with van der Waals surface area (Å²) in [5.41, 5.74) is -2.01. The van der Waals surface area contributed by atoms with Crippen LogP contribution < -0.4 is 4.90 Å². The van der Waals surface area contributed by atoms with Crippen LogP contribution >= 0.6 is 11.6 Å². The zero-order valence-electron chi connectivity index (χ0n) is 13.6. The molecule has 22 heavy (non-hydrogen) atoms. The number of amides is 1. The molecule has 1 rings (SSSR count). The van der Waals surface area contributed by atoms with Crippen molar-refractivity contribution < 1.29 is 19.1 Å². The highest BCUT2D eigenvalue weighted by Gasteiger charge is 2.36. The van der Waals surface area contributed by atoms with Crippen molar-refractivity contribution in [1.82, 2.24) is 0 Å². The summed E-state index contributed by atoms with van der Waals surface area (Å²) in [4.78, 5) is 25.2. The zero-order chi connectivity index (χ0) is 17.5. The highest BCUT2D eigenvalue weighted by molar-refractivity contribution is 6.31. The molecule has 0 spiro atoms. The maximum atomic E-state index is 14.4. The SMILES string of the molecule is CC(C)(C)C(=O)c1c(F)cc(Cl)cc1N(C(=O)O)C(C)(C)C. The molecule has 0 aliphatic carbocycles. The monoisotopic (exact) mass is 329 g/mol. The van der Waals surface area contributed by atoms with Crippen LogP contribution in [0.2, 0.25) is 5.02 Å². The highest BCUT2D eigenvalue weighted by Crippen LogP contribution is 2.36. The van der Waals surface area contributed by atoms with Crippen molar-refractivity contribution >= 4 is 29.2 Å². The second-order valence-corrected chi connectivity index (χ2v) is 7.59. The lowest BCUT2D eigenvalue weighted by atomic mass is 9.85. The summed E-state index contributed by atoms with van der Waals surface area (Å²) in [6.45, 7) is 9.92. The van der Waals surface area contributed by atoms with Crippen molar-refractivity contribution in [3.8, 4) is 0 Å². The number of benzene rings is 1. The maximum absolute atomic E-state index is 14.4. The Labute approximate surface area is 134 Å². The Bertz CT molecular complexity index is 615. The van der Waals surface area contributed by atoms with Crippen LogP contribution in [0.3, 0.4) is 0 Å². The third-order valence-electron chi connectivity index (χ3n) is 3.05. The van der Waals surface area contributed by atoms with Crippen LogP contribution in [0.1, 0.15) is 51.9 Å². The van der Waals surface area contributed by atoms with Crippen LogP contribution in [0.25, 0.3) is 0 Å². The maximum Gasteiger partial charge on any atom is 0.412 e. The van der Waals surface area contributed by atoms with E-state index in [1.165, 1.54) is 6.07 Å². The number of hydrogen-bond donors (Lipinski definition) is 1. The first-order chi connectivity index (χ1) is 9.76. The first-order valence-corrected chi connectivity index (χ1v) is 7.21. The number of anilines is 1. The van der Waals surface area contributed by atoms with Gasteiger partial charge < -0.3 is 5.11 Å². The summed E-state index contributed by atoms with van der Waals surface area (Å²) in [6.07, 6.45) is -1.28. The molecule has 0 unspecified atom stereocenters. The predicted octanol–water partition coefficient (Wildman–Crippen LogP) is 4.99. The molecular formula is C16H21ClFNO3. The van der Waals surface area contributed by atoms with E-state index in [4.69, 9.17) is 11.6 Å².